The molecule has 0 radical (unpaired) electrons. The lowest BCUT2D eigenvalue weighted by atomic mass is 9.73. The molecule has 0 saturated carbocycles. The summed E-state index contributed by atoms with van der Waals surface area (Å²) >= 11 is 0. The van der Waals surface area contributed by atoms with Gasteiger partial charge in [0.2, 0.25) is 0 Å². The maximum atomic E-state index is 2.58. The summed E-state index contributed by atoms with van der Waals surface area (Å²) < 4.78 is 0. The van der Waals surface area contributed by atoms with Gasteiger partial charge in [0.15, 0.2) is 0 Å². The van der Waals surface area contributed by atoms with E-state index < -0.39 is 0 Å². The van der Waals surface area contributed by atoms with Crippen LogP contribution in [0.3, 0.4) is 0 Å². The largest absolute Gasteiger partial charge is 0.310 e. The van der Waals surface area contributed by atoms with Crippen molar-refractivity contribution in [1.29, 1.82) is 0 Å². The van der Waals surface area contributed by atoms with Crippen LogP contribution in [-0.2, 0) is 22.7 Å². The fourth-order valence-electron chi connectivity index (χ4n) is 12.0. The number of anilines is 3. The summed E-state index contributed by atoms with van der Waals surface area (Å²) in [5, 5.41) is 0. The fraction of sp³-hybridized carbons (Fsp3) is 0.158. The predicted octanol–water partition coefficient (Wildman–Crippen LogP) is 14.7. The first-order chi connectivity index (χ1) is 28.3. The Morgan fingerprint density at radius 3 is 1.64 bits per heavy atom. The van der Waals surface area contributed by atoms with E-state index in [2.05, 4.69) is 209 Å². The molecule has 1 atom stereocenters. The molecule has 0 aliphatic heterocycles. The van der Waals surface area contributed by atoms with Gasteiger partial charge in [-0.25, -0.2) is 0 Å². The van der Waals surface area contributed by atoms with Crippen molar-refractivity contribution in [2.24, 2.45) is 0 Å². The summed E-state index contributed by atoms with van der Waals surface area (Å²) in [6.45, 7) is 9.60. The van der Waals surface area contributed by atoms with Crippen molar-refractivity contribution in [3.8, 4) is 44.5 Å². The molecule has 278 valence electrons. The summed E-state index contributed by atoms with van der Waals surface area (Å²) in [6, 6.07) is 66.9. The maximum Gasteiger partial charge on any atom is 0.0508 e. The monoisotopic (exact) mass is 743 g/mol. The van der Waals surface area contributed by atoms with Gasteiger partial charge in [-0.3, -0.25) is 0 Å². The second kappa shape index (κ2) is 11.8. The molecular weight excluding hydrogens is 699 g/mol. The number of fused-ring (bicyclic) bond motifs is 13. The van der Waals surface area contributed by atoms with Gasteiger partial charge in [-0.1, -0.05) is 173 Å². The Hall–Kier alpha value is -6.44. The highest BCUT2D eigenvalue weighted by Gasteiger charge is 2.49. The van der Waals surface area contributed by atoms with Crippen molar-refractivity contribution < 1.29 is 0 Å². The molecule has 1 unspecified atom stereocenters. The Bertz CT molecular complexity index is 3030. The van der Waals surface area contributed by atoms with Crippen LogP contribution in [0.15, 0.2) is 176 Å². The molecule has 0 bridgehead atoms. The number of rotatable bonds is 4. The number of hydrogen-bond donors (Lipinski definition) is 0. The lowest BCUT2D eigenvalue weighted by Gasteiger charge is -2.34. The van der Waals surface area contributed by atoms with E-state index in [1.54, 1.807) is 0 Å². The molecule has 4 aliphatic rings. The van der Waals surface area contributed by atoms with Gasteiger partial charge in [-0.15, -0.1) is 0 Å². The van der Waals surface area contributed by atoms with Crippen LogP contribution in [0.4, 0.5) is 17.1 Å². The van der Waals surface area contributed by atoms with Gasteiger partial charge in [0.1, 0.15) is 0 Å². The fourth-order valence-corrected chi connectivity index (χ4v) is 12.0. The summed E-state index contributed by atoms with van der Waals surface area (Å²) in [4.78, 5) is 2.58. The minimum Gasteiger partial charge on any atom is -0.310 e. The SMILES string of the molecule is CC1(C)c2ccccc2-c2cccc(-c3cccc(N(c4ccc5c(c4)C4(CCc6ccccc64)c4ccccc4-5)c4cccc5c4C(C)(C)c4ccccc4-5)c3)c21. The van der Waals surface area contributed by atoms with Crippen LogP contribution < -0.4 is 4.90 Å². The molecule has 8 aromatic rings. The van der Waals surface area contributed by atoms with Crippen LogP contribution in [0, 0.1) is 0 Å². The summed E-state index contributed by atoms with van der Waals surface area (Å²) in [5.74, 6) is 0. The van der Waals surface area contributed by atoms with Gasteiger partial charge in [-0.2, -0.15) is 0 Å². The second-order valence-electron chi connectivity index (χ2n) is 18.0. The Morgan fingerprint density at radius 2 is 0.897 bits per heavy atom. The third-order valence-corrected chi connectivity index (χ3v) is 14.4. The van der Waals surface area contributed by atoms with E-state index in [1.807, 2.05) is 0 Å². The molecule has 1 spiro atoms. The Labute approximate surface area is 342 Å². The molecule has 1 nitrogen and oxygen atoms in total. The molecule has 1 heteroatoms. The standard InChI is InChI=1S/C57H45N/c1-55(2)48-26-10-6-20-42(48)45-23-14-22-40(53(45)55)37-17-13-18-38(34-37)58(52-29-15-24-46-43-21-7-11-27-49(43)56(3,4)54(46)52)39-30-31-44-41-19-8-12-28-50(41)57(51(44)35-39)33-32-36-16-5-9-25-47(36)57/h5-31,34-35H,32-33H2,1-4H3. The van der Waals surface area contributed by atoms with Crippen molar-refractivity contribution in [3.05, 3.63) is 220 Å². The van der Waals surface area contributed by atoms with Gasteiger partial charge in [0, 0.05) is 27.6 Å². The van der Waals surface area contributed by atoms with E-state index in [-0.39, 0.29) is 16.2 Å². The van der Waals surface area contributed by atoms with Crippen LogP contribution >= 0.6 is 0 Å². The number of hydrogen-bond acceptors (Lipinski definition) is 1. The van der Waals surface area contributed by atoms with E-state index in [0.29, 0.717) is 0 Å². The lowest BCUT2D eigenvalue weighted by Crippen LogP contribution is -2.24. The second-order valence-corrected chi connectivity index (χ2v) is 18.0. The average molecular weight is 744 g/mol. The van der Waals surface area contributed by atoms with Crippen LogP contribution in [0.25, 0.3) is 44.5 Å². The van der Waals surface area contributed by atoms with Crippen LogP contribution in [0.5, 0.6) is 0 Å². The highest BCUT2D eigenvalue weighted by molar-refractivity contribution is 5.94. The molecule has 8 aromatic carbocycles. The topological polar surface area (TPSA) is 3.24 Å². The van der Waals surface area contributed by atoms with E-state index in [1.165, 1.54) is 106 Å². The zero-order valence-electron chi connectivity index (χ0n) is 33.6. The molecule has 0 aromatic heterocycles. The predicted molar refractivity (Wildman–Crippen MR) is 242 cm³/mol. The van der Waals surface area contributed by atoms with Gasteiger partial charge < -0.3 is 4.90 Å². The van der Waals surface area contributed by atoms with Crippen molar-refractivity contribution in [1.82, 2.24) is 0 Å². The van der Waals surface area contributed by atoms with Crippen LogP contribution in [0.1, 0.15) is 78.6 Å². The molecule has 0 fully saturated rings. The van der Waals surface area contributed by atoms with Crippen molar-refractivity contribution >= 4 is 17.1 Å². The van der Waals surface area contributed by atoms with Crippen molar-refractivity contribution in [3.63, 3.8) is 0 Å². The molecule has 0 saturated heterocycles. The number of benzene rings is 8. The van der Waals surface area contributed by atoms with Crippen molar-refractivity contribution in [2.45, 2.75) is 56.8 Å². The first-order valence-electron chi connectivity index (χ1n) is 21.0. The minimum absolute atomic E-state index is 0.116. The first kappa shape index (κ1) is 33.7. The molecule has 0 amide bonds. The summed E-state index contributed by atoms with van der Waals surface area (Å²) in [5.41, 5.74) is 25.1. The smallest absolute Gasteiger partial charge is 0.0508 e. The molecule has 58 heavy (non-hydrogen) atoms. The highest BCUT2D eigenvalue weighted by atomic mass is 15.1. The molecular formula is C57H45N. The molecule has 4 aliphatic carbocycles. The minimum atomic E-state index is -0.187. The Balaban J connectivity index is 1.10. The highest BCUT2D eigenvalue weighted by Crippen LogP contribution is 2.60. The van der Waals surface area contributed by atoms with E-state index in [9.17, 15) is 0 Å². The maximum absolute atomic E-state index is 2.58. The van der Waals surface area contributed by atoms with Gasteiger partial charge in [0.25, 0.3) is 0 Å². The normalized spacial score (nSPS) is 17.9. The quantitative estimate of drug-likeness (QED) is 0.173. The van der Waals surface area contributed by atoms with E-state index >= 15 is 0 Å². The zero-order valence-corrected chi connectivity index (χ0v) is 33.6. The third-order valence-electron chi connectivity index (χ3n) is 14.4. The Morgan fingerprint density at radius 1 is 0.379 bits per heavy atom. The number of aryl methyl sites for hydroxylation is 1. The Kier molecular flexibility index (Phi) is 6.86. The van der Waals surface area contributed by atoms with Crippen LogP contribution in [-0.4, -0.2) is 0 Å². The van der Waals surface area contributed by atoms with Crippen molar-refractivity contribution in [2.75, 3.05) is 4.90 Å². The van der Waals surface area contributed by atoms with E-state index in [4.69, 9.17) is 0 Å². The molecule has 12 rings (SSSR count). The average Bonchev–Trinajstić information content (AvgIpc) is 3.93. The van der Waals surface area contributed by atoms with Gasteiger partial charge in [0.05, 0.1) is 5.69 Å². The summed E-state index contributed by atoms with van der Waals surface area (Å²) in [6.07, 6.45) is 2.16. The number of nitrogens with zero attached hydrogens (tertiary/aromatic N) is 1. The molecule has 0 N–H and O–H groups in total. The first-order valence-corrected chi connectivity index (χ1v) is 21.0. The van der Waals surface area contributed by atoms with Gasteiger partial charge in [-0.05, 0) is 132 Å². The lowest BCUT2D eigenvalue weighted by molar-refractivity contribution is 0.626. The summed E-state index contributed by atoms with van der Waals surface area (Å²) in [7, 11) is 0. The van der Waals surface area contributed by atoms with Crippen LogP contribution in [0.2, 0.25) is 0 Å². The van der Waals surface area contributed by atoms with Gasteiger partial charge >= 0.3 is 0 Å². The van der Waals surface area contributed by atoms with E-state index in [0.717, 1.165) is 12.8 Å². The third kappa shape index (κ3) is 4.32. The zero-order chi connectivity index (χ0) is 39.0. The molecule has 0 heterocycles.